The maximum Gasteiger partial charge on any atom is 0.345 e. The lowest BCUT2D eigenvalue weighted by Gasteiger charge is -2.15. The Labute approximate surface area is 153 Å². The molecule has 0 aliphatic rings. The topological polar surface area (TPSA) is 108 Å². The third-order valence-electron chi connectivity index (χ3n) is 3.39. The number of carbonyl (C=O) groups is 2. The Morgan fingerprint density at radius 2 is 1.92 bits per heavy atom. The van der Waals surface area contributed by atoms with Crippen molar-refractivity contribution < 1.29 is 24.0 Å². The molecule has 0 aliphatic carbocycles. The monoisotopic (exact) mass is 378 g/mol. The summed E-state index contributed by atoms with van der Waals surface area (Å²) in [5, 5.41) is 13.7. The van der Waals surface area contributed by atoms with Crippen LogP contribution in [-0.4, -0.2) is 30.0 Å². The van der Waals surface area contributed by atoms with Gasteiger partial charge in [0.05, 0.1) is 17.7 Å². The van der Waals surface area contributed by atoms with E-state index in [-0.39, 0.29) is 10.6 Å². The Balaban J connectivity index is 2.13. The highest BCUT2D eigenvalue weighted by Gasteiger charge is 2.26. The van der Waals surface area contributed by atoms with Gasteiger partial charge in [-0.3, -0.25) is 14.9 Å². The summed E-state index contributed by atoms with van der Waals surface area (Å²) in [6, 6.07) is 10.2. The number of ether oxygens (including phenoxy) is 2. The zero-order valence-electron chi connectivity index (χ0n) is 13.9. The van der Waals surface area contributed by atoms with Gasteiger partial charge in [0.1, 0.15) is 11.3 Å². The van der Waals surface area contributed by atoms with Crippen LogP contribution in [0.15, 0.2) is 42.5 Å². The average molecular weight is 379 g/mol. The number of para-hydroxylation sites is 2. The van der Waals surface area contributed by atoms with Crippen LogP contribution in [0.4, 0.5) is 11.4 Å². The number of hydrogen-bond acceptors (Lipinski definition) is 6. The maximum atomic E-state index is 12.2. The summed E-state index contributed by atoms with van der Waals surface area (Å²) in [6.45, 7) is 1.35. The summed E-state index contributed by atoms with van der Waals surface area (Å²) in [5.74, 6) is -1.21. The van der Waals surface area contributed by atoms with Gasteiger partial charge in [0.25, 0.3) is 11.6 Å². The lowest BCUT2D eigenvalue weighted by Crippen LogP contribution is -2.30. The number of benzene rings is 2. The van der Waals surface area contributed by atoms with E-state index in [1.807, 2.05) is 0 Å². The van der Waals surface area contributed by atoms with Gasteiger partial charge >= 0.3 is 5.97 Å². The number of nitrogens with one attached hydrogen (secondary N) is 1. The van der Waals surface area contributed by atoms with Crippen LogP contribution >= 0.6 is 11.6 Å². The minimum atomic E-state index is -1.20. The van der Waals surface area contributed by atoms with E-state index in [1.54, 1.807) is 24.3 Å². The molecule has 2 aromatic carbocycles. The molecule has 1 N–H and O–H groups in total. The first-order valence-corrected chi connectivity index (χ1v) is 7.80. The molecule has 2 aromatic rings. The lowest BCUT2D eigenvalue weighted by molar-refractivity contribution is -0.385. The number of nitro benzene ring substituents is 1. The van der Waals surface area contributed by atoms with Gasteiger partial charge in [-0.25, -0.2) is 4.79 Å². The van der Waals surface area contributed by atoms with Gasteiger partial charge in [-0.05, 0) is 31.2 Å². The molecule has 9 heteroatoms. The van der Waals surface area contributed by atoms with E-state index in [0.29, 0.717) is 11.4 Å². The average Bonchev–Trinajstić information content (AvgIpc) is 2.61. The van der Waals surface area contributed by atoms with Crippen molar-refractivity contribution in [2.45, 2.75) is 13.0 Å². The molecule has 0 aliphatic heterocycles. The fourth-order valence-electron chi connectivity index (χ4n) is 2.09. The molecule has 8 nitrogen and oxygen atoms in total. The van der Waals surface area contributed by atoms with Gasteiger partial charge in [-0.15, -0.1) is 0 Å². The minimum absolute atomic E-state index is 0.133. The van der Waals surface area contributed by atoms with Gasteiger partial charge in [-0.1, -0.05) is 23.7 Å². The van der Waals surface area contributed by atoms with Crippen LogP contribution in [-0.2, 0) is 9.53 Å². The van der Waals surface area contributed by atoms with Crippen molar-refractivity contribution in [2.75, 3.05) is 12.4 Å². The van der Waals surface area contributed by atoms with Gasteiger partial charge < -0.3 is 14.8 Å². The number of amides is 1. The number of nitro groups is 1. The Hall–Kier alpha value is -3.13. The third-order valence-corrected chi connectivity index (χ3v) is 3.63. The molecule has 0 radical (unpaired) electrons. The van der Waals surface area contributed by atoms with Crippen molar-refractivity contribution in [3.8, 4) is 5.75 Å². The lowest BCUT2D eigenvalue weighted by atomic mass is 10.2. The second-order valence-electron chi connectivity index (χ2n) is 5.16. The van der Waals surface area contributed by atoms with Crippen LogP contribution in [0.2, 0.25) is 5.02 Å². The standard InChI is InChI=1S/C17H15ClN2O6/c1-10(16(21)19-13-5-3-4-6-15(13)25-2)26-17(22)12-9-11(18)7-8-14(12)20(23)24/h3-10H,1-2H3,(H,19,21)/t10-/m1/s1. The molecule has 1 atom stereocenters. The summed E-state index contributed by atoms with van der Waals surface area (Å²) < 4.78 is 10.2. The fraction of sp³-hybridized carbons (Fsp3) is 0.176. The van der Waals surface area contributed by atoms with Crippen molar-refractivity contribution in [3.63, 3.8) is 0 Å². The van der Waals surface area contributed by atoms with Crippen LogP contribution in [0.1, 0.15) is 17.3 Å². The van der Waals surface area contributed by atoms with Crippen LogP contribution in [0, 0.1) is 10.1 Å². The zero-order chi connectivity index (χ0) is 19.3. The first-order valence-electron chi connectivity index (χ1n) is 7.42. The molecule has 0 unspecified atom stereocenters. The number of esters is 1. The van der Waals surface area contributed by atoms with Crippen LogP contribution in [0.3, 0.4) is 0 Å². The highest BCUT2D eigenvalue weighted by atomic mass is 35.5. The van der Waals surface area contributed by atoms with Crippen molar-refractivity contribution in [3.05, 3.63) is 63.2 Å². The Kier molecular flexibility index (Phi) is 6.13. The van der Waals surface area contributed by atoms with Crippen molar-refractivity contribution in [1.82, 2.24) is 0 Å². The van der Waals surface area contributed by atoms with Crippen molar-refractivity contribution in [2.24, 2.45) is 0 Å². The molecule has 0 saturated carbocycles. The fourth-order valence-corrected chi connectivity index (χ4v) is 2.26. The summed E-state index contributed by atoms with van der Waals surface area (Å²) in [6.07, 6.45) is -1.20. The van der Waals surface area contributed by atoms with E-state index in [2.05, 4.69) is 5.32 Å². The van der Waals surface area contributed by atoms with Gasteiger partial charge in [0, 0.05) is 11.1 Å². The van der Waals surface area contributed by atoms with Crippen molar-refractivity contribution >= 4 is 34.9 Å². The highest BCUT2D eigenvalue weighted by molar-refractivity contribution is 6.31. The van der Waals surface area contributed by atoms with E-state index < -0.39 is 28.6 Å². The molecule has 2 rings (SSSR count). The van der Waals surface area contributed by atoms with Gasteiger partial charge in [0.2, 0.25) is 0 Å². The quantitative estimate of drug-likeness (QED) is 0.468. The molecule has 26 heavy (non-hydrogen) atoms. The molecule has 0 fully saturated rings. The number of anilines is 1. The first kappa shape index (κ1) is 19.2. The first-order chi connectivity index (χ1) is 12.3. The molecule has 0 spiro atoms. The Morgan fingerprint density at radius 3 is 2.58 bits per heavy atom. The summed E-state index contributed by atoms with van der Waals surface area (Å²) >= 11 is 5.78. The number of methoxy groups -OCH3 is 1. The second-order valence-corrected chi connectivity index (χ2v) is 5.59. The summed E-state index contributed by atoms with van der Waals surface area (Å²) in [5.41, 5.74) is -0.396. The minimum Gasteiger partial charge on any atom is -0.495 e. The Bertz CT molecular complexity index is 855. The molecular formula is C17H15ClN2O6. The molecule has 0 aromatic heterocycles. The van der Waals surface area contributed by atoms with E-state index in [4.69, 9.17) is 21.1 Å². The van der Waals surface area contributed by atoms with E-state index in [0.717, 1.165) is 12.1 Å². The van der Waals surface area contributed by atoms with Crippen LogP contribution in [0.5, 0.6) is 5.75 Å². The van der Waals surface area contributed by atoms with E-state index in [1.165, 1.54) is 20.1 Å². The molecule has 0 bridgehead atoms. The molecule has 1 amide bonds. The highest BCUT2D eigenvalue weighted by Crippen LogP contribution is 2.25. The van der Waals surface area contributed by atoms with E-state index in [9.17, 15) is 19.7 Å². The molecule has 0 saturated heterocycles. The number of nitrogens with zero attached hydrogens (tertiary/aromatic N) is 1. The Morgan fingerprint density at radius 1 is 1.23 bits per heavy atom. The molecule has 136 valence electrons. The normalized spacial score (nSPS) is 11.3. The number of rotatable bonds is 6. The number of carbonyl (C=O) groups excluding carboxylic acids is 2. The van der Waals surface area contributed by atoms with Gasteiger partial charge in [0.15, 0.2) is 6.10 Å². The number of halogens is 1. The third kappa shape index (κ3) is 4.48. The predicted molar refractivity (Wildman–Crippen MR) is 94.6 cm³/mol. The largest absolute Gasteiger partial charge is 0.495 e. The number of hydrogen-bond donors (Lipinski definition) is 1. The van der Waals surface area contributed by atoms with Crippen molar-refractivity contribution in [1.29, 1.82) is 0 Å². The zero-order valence-corrected chi connectivity index (χ0v) is 14.6. The maximum absolute atomic E-state index is 12.2. The summed E-state index contributed by atoms with van der Waals surface area (Å²) in [7, 11) is 1.45. The predicted octanol–water partition coefficient (Wildman–Crippen LogP) is 3.44. The van der Waals surface area contributed by atoms with Crippen LogP contribution < -0.4 is 10.1 Å². The van der Waals surface area contributed by atoms with Crippen LogP contribution in [0.25, 0.3) is 0 Å². The SMILES string of the molecule is COc1ccccc1NC(=O)[C@@H](C)OC(=O)c1cc(Cl)ccc1[N+](=O)[O-]. The smallest absolute Gasteiger partial charge is 0.345 e. The second kappa shape index (κ2) is 8.30. The molecular weight excluding hydrogens is 364 g/mol. The summed E-state index contributed by atoms with van der Waals surface area (Å²) in [4.78, 5) is 34.8. The van der Waals surface area contributed by atoms with Gasteiger partial charge in [-0.2, -0.15) is 0 Å². The van der Waals surface area contributed by atoms with E-state index >= 15 is 0 Å². The molecule has 0 heterocycles.